The van der Waals surface area contributed by atoms with E-state index in [0.29, 0.717) is 0 Å². The Morgan fingerprint density at radius 1 is 1.10 bits per heavy atom. The Hall–Kier alpha value is -1.80. The average Bonchev–Trinajstić information content (AvgIpc) is 2.53. The van der Waals surface area contributed by atoms with Crippen LogP contribution < -0.4 is 10.5 Å². The highest BCUT2D eigenvalue weighted by Gasteiger charge is 2.16. The highest BCUT2D eigenvalue weighted by molar-refractivity contribution is 5.38. The van der Waals surface area contributed by atoms with Gasteiger partial charge in [0.15, 0.2) is 0 Å². The minimum absolute atomic E-state index is 0.209. The van der Waals surface area contributed by atoms with Gasteiger partial charge in [0.05, 0.1) is 6.61 Å². The molecule has 0 fully saturated rings. The molecule has 0 saturated carbocycles. The third-order valence-corrected chi connectivity index (χ3v) is 4.20. The molecule has 0 aromatic heterocycles. The molecule has 1 unspecified atom stereocenters. The molecule has 21 heavy (non-hydrogen) atoms. The van der Waals surface area contributed by atoms with Gasteiger partial charge in [-0.1, -0.05) is 36.4 Å². The molecule has 2 heteroatoms. The van der Waals surface area contributed by atoms with Crippen molar-refractivity contribution in [3.8, 4) is 5.75 Å². The van der Waals surface area contributed by atoms with Crippen molar-refractivity contribution >= 4 is 0 Å². The van der Waals surface area contributed by atoms with Crippen molar-refractivity contribution < 1.29 is 4.74 Å². The summed E-state index contributed by atoms with van der Waals surface area (Å²) >= 11 is 0. The van der Waals surface area contributed by atoms with Gasteiger partial charge in [0, 0.05) is 6.04 Å². The van der Waals surface area contributed by atoms with Gasteiger partial charge in [-0.15, -0.1) is 0 Å². The zero-order valence-electron chi connectivity index (χ0n) is 12.4. The van der Waals surface area contributed by atoms with E-state index >= 15 is 0 Å². The Bertz CT molecular complexity index is 579. The average molecular weight is 281 g/mol. The Morgan fingerprint density at radius 2 is 1.95 bits per heavy atom. The number of hydrogen-bond donors (Lipinski definition) is 1. The lowest BCUT2D eigenvalue weighted by molar-refractivity contribution is 0.310. The largest absolute Gasteiger partial charge is 0.494 e. The van der Waals surface area contributed by atoms with Crippen molar-refractivity contribution in [2.45, 2.75) is 38.1 Å². The van der Waals surface area contributed by atoms with Gasteiger partial charge in [-0.05, 0) is 60.9 Å². The Labute approximate surface area is 126 Å². The fourth-order valence-corrected chi connectivity index (χ4v) is 3.03. The number of hydrogen-bond acceptors (Lipinski definition) is 2. The second kappa shape index (κ2) is 6.77. The number of fused-ring (bicyclic) bond motifs is 1. The van der Waals surface area contributed by atoms with Gasteiger partial charge in [0.2, 0.25) is 0 Å². The van der Waals surface area contributed by atoms with Gasteiger partial charge in [-0.3, -0.25) is 0 Å². The van der Waals surface area contributed by atoms with Crippen LogP contribution in [0.4, 0.5) is 0 Å². The second-order valence-electron chi connectivity index (χ2n) is 5.80. The highest BCUT2D eigenvalue weighted by Crippen LogP contribution is 2.30. The van der Waals surface area contributed by atoms with Gasteiger partial charge in [-0.2, -0.15) is 0 Å². The first-order chi connectivity index (χ1) is 10.3. The number of aryl methyl sites for hydroxylation is 2. The summed E-state index contributed by atoms with van der Waals surface area (Å²) in [4.78, 5) is 0. The second-order valence-corrected chi connectivity index (χ2v) is 5.80. The SMILES string of the molecule is NC1CCCc2cc(OCCCc3ccccc3)ccc21. The number of ether oxygens (including phenoxy) is 1. The summed E-state index contributed by atoms with van der Waals surface area (Å²) in [5.41, 5.74) is 10.2. The van der Waals surface area contributed by atoms with Crippen LogP contribution in [0, 0.1) is 0 Å². The van der Waals surface area contributed by atoms with Crippen LogP contribution in [-0.4, -0.2) is 6.61 Å². The summed E-state index contributed by atoms with van der Waals surface area (Å²) in [6.07, 6.45) is 5.53. The van der Waals surface area contributed by atoms with Crippen LogP contribution in [0.3, 0.4) is 0 Å². The van der Waals surface area contributed by atoms with Crippen molar-refractivity contribution in [2.75, 3.05) is 6.61 Å². The maximum atomic E-state index is 6.14. The molecule has 0 aliphatic heterocycles. The van der Waals surface area contributed by atoms with Crippen LogP contribution in [0.1, 0.15) is 42.0 Å². The molecule has 0 radical (unpaired) electrons. The molecule has 1 aliphatic rings. The maximum Gasteiger partial charge on any atom is 0.119 e. The smallest absolute Gasteiger partial charge is 0.119 e. The summed E-state index contributed by atoms with van der Waals surface area (Å²) in [6, 6.07) is 17.2. The van der Waals surface area contributed by atoms with Crippen LogP contribution >= 0.6 is 0 Å². The zero-order chi connectivity index (χ0) is 14.5. The van der Waals surface area contributed by atoms with Crippen LogP contribution in [0.15, 0.2) is 48.5 Å². The summed E-state index contributed by atoms with van der Waals surface area (Å²) in [6.45, 7) is 0.764. The van der Waals surface area contributed by atoms with E-state index < -0.39 is 0 Å². The summed E-state index contributed by atoms with van der Waals surface area (Å²) < 4.78 is 5.89. The summed E-state index contributed by atoms with van der Waals surface area (Å²) in [5.74, 6) is 0.982. The molecular weight excluding hydrogens is 258 g/mol. The predicted octanol–water partition coefficient (Wildman–Crippen LogP) is 4.03. The van der Waals surface area contributed by atoms with E-state index in [4.69, 9.17) is 10.5 Å². The zero-order valence-corrected chi connectivity index (χ0v) is 12.4. The van der Waals surface area contributed by atoms with Crippen molar-refractivity contribution in [1.82, 2.24) is 0 Å². The van der Waals surface area contributed by atoms with E-state index in [0.717, 1.165) is 38.0 Å². The van der Waals surface area contributed by atoms with Gasteiger partial charge in [0.25, 0.3) is 0 Å². The molecule has 0 bridgehead atoms. The Morgan fingerprint density at radius 3 is 2.81 bits per heavy atom. The summed E-state index contributed by atoms with van der Waals surface area (Å²) in [7, 11) is 0. The van der Waals surface area contributed by atoms with Crippen molar-refractivity contribution in [2.24, 2.45) is 5.73 Å². The molecule has 2 N–H and O–H groups in total. The predicted molar refractivity (Wildman–Crippen MR) is 86.6 cm³/mol. The first-order valence-electron chi connectivity index (χ1n) is 7.88. The minimum atomic E-state index is 0.209. The van der Waals surface area contributed by atoms with E-state index in [9.17, 15) is 0 Å². The van der Waals surface area contributed by atoms with Crippen molar-refractivity contribution in [3.05, 3.63) is 65.2 Å². The first-order valence-corrected chi connectivity index (χ1v) is 7.88. The molecule has 0 heterocycles. The van der Waals surface area contributed by atoms with E-state index in [1.807, 2.05) is 0 Å². The molecule has 0 spiro atoms. The number of nitrogens with two attached hydrogens (primary N) is 1. The molecular formula is C19H23NO. The third kappa shape index (κ3) is 3.64. The van der Waals surface area contributed by atoms with Crippen molar-refractivity contribution in [1.29, 1.82) is 0 Å². The van der Waals surface area contributed by atoms with Gasteiger partial charge in [0.1, 0.15) is 5.75 Å². The molecule has 1 atom stereocenters. The fourth-order valence-electron chi connectivity index (χ4n) is 3.03. The highest BCUT2D eigenvalue weighted by atomic mass is 16.5. The van der Waals surface area contributed by atoms with Gasteiger partial charge < -0.3 is 10.5 Å². The van der Waals surface area contributed by atoms with E-state index in [-0.39, 0.29) is 6.04 Å². The standard InChI is InChI=1S/C19H23NO/c20-19-10-4-9-16-14-17(11-12-18(16)19)21-13-5-8-15-6-2-1-3-7-15/h1-3,6-7,11-12,14,19H,4-5,8-10,13,20H2. The minimum Gasteiger partial charge on any atom is -0.494 e. The Balaban J connectivity index is 1.52. The first kappa shape index (κ1) is 14.2. The number of benzene rings is 2. The normalized spacial score (nSPS) is 17.3. The van der Waals surface area contributed by atoms with Crippen molar-refractivity contribution in [3.63, 3.8) is 0 Å². The molecule has 2 nitrogen and oxygen atoms in total. The van der Waals surface area contributed by atoms with E-state index in [2.05, 4.69) is 48.5 Å². The summed E-state index contributed by atoms with van der Waals surface area (Å²) in [5, 5.41) is 0. The monoisotopic (exact) mass is 281 g/mol. The van der Waals surface area contributed by atoms with Crippen LogP contribution in [0.2, 0.25) is 0 Å². The molecule has 110 valence electrons. The Kier molecular flexibility index (Phi) is 4.56. The van der Waals surface area contributed by atoms with E-state index in [1.165, 1.54) is 23.1 Å². The molecule has 2 aromatic rings. The lowest BCUT2D eigenvalue weighted by Gasteiger charge is -2.22. The molecule has 2 aromatic carbocycles. The van der Waals surface area contributed by atoms with E-state index in [1.54, 1.807) is 0 Å². The lowest BCUT2D eigenvalue weighted by Crippen LogP contribution is -2.17. The fraction of sp³-hybridized carbons (Fsp3) is 0.368. The maximum absolute atomic E-state index is 6.14. The van der Waals surface area contributed by atoms with Crippen LogP contribution in [0.25, 0.3) is 0 Å². The molecule has 1 aliphatic carbocycles. The molecule has 0 saturated heterocycles. The van der Waals surface area contributed by atoms with Gasteiger partial charge in [-0.25, -0.2) is 0 Å². The quantitative estimate of drug-likeness (QED) is 0.840. The van der Waals surface area contributed by atoms with Crippen LogP contribution in [0.5, 0.6) is 5.75 Å². The molecule has 0 amide bonds. The lowest BCUT2D eigenvalue weighted by atomic mass is 9.88. The molecule has 3 rings (SSSR count). The van der Waals surface area contributed by atoms with Crippen LogP contribution in [-0.2, 0) is 12.8 Å². The van der Waals surface area contributed by atoms with Gasteiger partial charge >= 0.3 is 0 Å². The third-order valence-electron chi connectivity index (χ3n) is 4.20. The topological polar surface area (TPSA) is 35.2 Å². The number of rotatable bonds is 5.